The predicted molar refractivity (Wildman–Crippen MR) is 98.7 cm³/mol. The Kier molecular flexibility index (Phi) is 7.11. The number of likely N-dealkylation sites (tertiary alicyclic amines) is 1. The summed E-state index contributed by atoms with van der Waals surface area (Å²) >= 11 is 0. The molecular weight excluding hydrogens is 337 g/mol. The van der Waals surface area contributed by atoms with Crippen molar-refractivity contribution >= 4 is 17.6 Å². The molecule has 2 unspecified atom stereocenters. The van der Waals surface area contributed by atoms with Crippen molar-refractivity contribution in [1.82, 2.24) is 9.80 Å². The van der Waals surface area contributed by atoms with Gasteiger partial charge in [0.15, 0.2) is 0 Å². The van der Waals surface area contributed by atoms with Crippen LogP contribution in [0.1, 0.15) is 31.7 Å². The van der Waals surface area contributed by atoms with Crippen LogP contribution < -0.4 is 5.32 Å². The van der Waals surface area contributed by atoms with Crippen molar-refractivity contribution in [2.45, 2.75) is 45.2 Å². The molecule has 2 atom stereocenters. The van der Waals surface area contributed by atoms with E-state index in [-0.39, 0.29) is 30.4 Å². The van der Waals surface area contributed by atoms with Crippen molar-refractivity contribution in [2.75, 3.05) is 32.0 Å². The maximum atomic E-state index is 13.4. The molecule has 0 spiro atoms. The Morgan fingerprint density at radius 1 is 1.38 bits per heavy atom. The minimum Gasteiger partial charge on any atom is -0.480 e. The molecule has 6 nitrogen and oxygen atoms in total. The van der Waals surface area contributed by atoms with Gasteiger partial charge in [-0.3, -0.25) is 19.4 Å². The van der Waals surface area contributed by atoms with E-state index in [1.807, 2.05) is 25.8 Å². The van der Waals surface area contributed by atoms with Crippen LogP contribution in [0.15, 0.2) is 18.2 Å². The molecule has 1 fully saturated rings. The predicted octanol–water partition coefficient (Wildman–Crippen LogP) is 2.33. The highest BCUT2D eigenvalue weighted by Gasteiger charge is 2.27. The van der Waals surface area contributed by atoms with Gasteiger partial charge in [0.25, 0.3) is 0 Å². The fourth-order valence-electron chi connectivity index (χ4n) is 3.40. The second kappa shape index (κ2) is 9.09. The maximum absolute atomic E-state index is 13.4. The number of nitrogens with zero attached hydrogens (tertiary/aromatic N) is 2. The van der Waals surface area contributed by atoms with Gasteiger partial charge in [-0.1, -0.05) is 6.07 Å². The summed E-state index contributed by atoms with van der Waals surface area (Å²) in [6, 6.07) is 4.22. The molecule has 144 valence electrons. The van der Waals surface area contributed by atoms with Gasteiger partial charge in [-0.2, -0.15) is 0 Å². The molecule has 26 heavy (non-hydrogen) atoms. The van der Waals surface area contributed by atoms with E-state index in [2.05, 4.69) is 10.2 Å². The van der Waals surface area contributed by atoms with Crippen LogP contribution in [0.4, 0.5) is 10.1 Å². The zero-order valence-corrected chi connectivity index (χ0v) is 15.7. The highest BCUT2D eigenvalue weighted by Crippen LogP contribution is 2.20. The van der Waals surface area contributed by atoms with Crippen molar-refractivity contribution in [3.05, 3.63) is 29.6 Å². The molecule has 0 aromatic heterocycles. The number of carbonyl (C=O) groups is 2. The van der Waals surface area contributed by atoms with Gasteiger partial charge < -0.3 is 10.4 Å². The Balaban J connectivity index is 1.94. The minimum atomic E-state index is -0.827. The molecule has 0 radical (unpaired) electrons. The molecule has 7 heteroatoms. The van der Waals surface area contributed by atoms with Crippen molar-refractivity contribution in [3.8, 4) is 0 Å². The molecule has 0 saturated carbocycles. The summed E-state index contributed by atoms with van der Waals surface area (Å²) in [5.41, 5.74) is 1.31. The van der Waals surface area contributed by atoms with E-state index in [1.165, 1.54) is 12.1 Å². The number of nitrogens with one attached hydrogen (secondary N) is 1. The van der Waals surface area contributed by atoms with Gasteiger partial charge in [0.1, 0.15) is 5.82 Å². The van der Waals surface area contributed by atoms with Gasteiger partial charge in [0.05, 0.1) is 12.6 Å². The fraction of sp³-hybridized carbons (Fsp3) is 0.579. The van der Waals surface area contributed by atoms with Crippen LogP contribution in [-0.2, 0) is 9.59 Å². The van der Waals surface area contributed by atoms with Gasteiger partial charge >= 0.3 is 5.97 Å². The third-order valence-corrected chi connectivity index (χ3v) is 5.12. The molecule has 0 aliphatic carbocycles. The van der Waals surface area contributed by atoms with Crippen LogP contribution in [0.5, 0.6) is 0 Å². The number of likely N-dealkylation sites (N-methyl/N-ethyl adjacent to an activating group) is 1. The van der Waals surface area contributed by atoms with E-state index in [0.717, 1.165) is 37.9 Å². The Labute approximate surface area is 154 Å². The van der Waals surface area contributed by atoms with E-state index in [4.69, 9.17) is 5.11 Å². The van der Waals surface area contributed by atoms with Crippen LogP contribution in [0.25, 0.3) is 0 Å². The van der Waals surface area contributed by atoms with E-state index >= 15 is 0 Å². The lowest BCUT2D eigenvalue weighted by Crippen LogP contribution is -2.43. The Morgan fingerprint density at radius 3 is 2.81 bits per heavy atom. The molecule has 2 N–H and O–H groups in total. The number of hydrogen-bond donors (Lipinski definition) is 2. The van der Waals surface area contributed by atoms with Crippen LogP contribution in [-0.4, -0.2) is 65.5 Å². The van der Waals surface area contributed by atoms with Crippen LogP contribution in [0.2, 0.25) is 0 Å². The third kappa shape index (κ3) is 5.51. The lowest BCUT2D eigenvalue weighted by atomic mass is 10.1. The SMILES string of the molecule is Cc1ccc(F)cc1NC(=O)C(C)N1CCCC(N(C)CC(=O)O)CC1. The van der Waals surface area contributed by atoms with E-state index < -0.39 is 5.97 Å². The number of carbonyl (C=O) groups excluding carboxylic acids is 1. The minimum absolute atomic E-state index is 0.0273. The number of amides is 1. The molecule has 0 bridgehead atoms. The summed E-state index contributed by atoms with van der Waals surface area (Å²) in [6.45, 7) is 5.22. The zero-order valence-electron chi connectivity index (χ0n) is 15.7. The number of carboxylic acid groups (broad SMARTS) is 1. The number of halogens is 1. The van der Waals surface area contributed by atoms with E-state index in [1.54, 1.807) is 6.07 Å². The molecule has 1 aliphatic heterocycles. The number of aryl methyl sites for hydroxylation is 1. The summed E-state index contributed by atoms with van der Waals surface area (Å²) in [7, 11) is 1.83. The van der Waals surface area contributed by atoms with E-state index in [0.29, 0.717) is 5.69 Å². The Hall–Kier alpha value is -1.99. The van der Waals surface area contributed by atoms with Gasteiger partial charge in [-0.05, 0) is 64.4 Å². The average Bonchev–Trinajstić information content (AvgIpc) is 2.83. The van der Waals surface area contributed by atoms with Crippen molar-refractivity contribution in [2.24, 2.45) is 0 Å². The van der Waals surface area contributed by atoms with Crippen LogP contribution in [0, 0.1) is 12.7 Å². The second-order valence-electron chi connectivity index (χ2n) is 7.05. The third-order valence-electron chi connectivity index (χ3n) is 5.12. The zero-order chi connectivity index (χ0) is 19.3. The number of benzene rings is 1. The molecule has 1 amide bonds. The van der Waals surface area contributed by atoms with Gasteiger partial charge in [-0.25, -0.2) is 4.39 Å². The first-order chi connectivity index (χ1) is 12.3. The Morgan fingerprint density at radius 2 is 2.12 bits per heavy atom. The number of aliphatic carboxylic acids is 1. The molecule has 1 heterocycles. The second-order valence-corrected chi connectivity index (χ2v) is 7.05. The smallest absolute Gasteiger partial charge is 0.317 e. The van der Waals surface area contributed by atoms with Gasteiger partial charge in [-0.15, -0.1) is 0 Å². The summed E-state index contributed by atoms with van der Waals surface area (Å²) < 4.78 is 13.4. The number of rotatable bonds is 6. The lowest BCUT2D eigenvalue weighted by molar-refractivity contribution is -0.138. The Bertz CT molecular complexity index is 653. The largest absolute Gasteiger partial charge is 0.480 e. The number of anilines is 1. The van der Waals surface area contributed by atoms with Gasteiger partial charge in [0, 0.05) is 18.3 Å². The standard InChI is InChI=1S/C19H28FN3O3/c1-13-6-7-15(20)11-17(13)21-19(26)14(2)23-9-4-5-16(8-10-23)22(3)12-18(24)25/h6-7,11,14,16H,4-5,8-10,12H2,1-3H3,(H,21,26)(H,24,25). The first kappa shape index (κ1) is 20.3. The molecule has 2 rings (SSSR count). The molecule has 1 saturated heterocycles. The number of carboxylic acids is 1. The molecule has 1 aliphatic rings. The maximum Gasteiger partial charge on any atom is 0.317 e. The first-order valence-corrected chi connectivity index (χ1v) is 9.01. The highest BCUT2D eigenvalue weighted by atomic mass is 19.1. The molecular formula is C19H28FN3O3. The summed E-state index contributed by atoms with van der Waals surface area (Å²) in [5, 5.41) is 11.8. The molecule has 1 aromatic carbocycles. The van der Waals surface area contributed by atoms with Crippen LogP contribution in [0.3, 0.4) is 0 Å². The average molecular weight is 365 g/mol. The van der Waals surface area contributed by atoms with E-state index in [9.17, 15) is 14.0 Å². The lowest BCUT2D eigenvalue weighted by Gasteiger charge is -2.28. The van der Waals surface area contributed by atoms with Crippen LogP contribution >= 0.6 is 0 Å². The number of hydrogen-bond acceptors (Lipinski definition) is 4. The van der Waals surface area contributed by atoms with Crippen molar-refractivity contribution < 1.29 is 19.1 Å². The monoisotopic (exact) mass is 365 g/mol. The summed E-state index contributed by atoms with van der Waals surface area (Å²) in [6.07, 6.45) is 2.64. The normalized spacial score (nSPS) is 19.8. The van der Waals surface area contributed by atoms with Gasteiger partial charge in [0.2, 0.25) is 5.91 Å². The topological polar surface area (TPSA) is 72.9 Å². The highest BCUT2D eigenvalue weighted by molar-refractivity contribution is 5.95. The first-order valence-electron chi connectivity index (χ1n) is 9.01. The quantitative estimate of drug-likeness (QED) is 0.810. The summed E-state index contributed by atoms with van der Waals surface area (Å²) in [4.78, 5) is 27.5. The van der Waals surface area contributed by atoms with Crippen molar-refractivity contribution in [1.29, 1.82) is 0 Å². The fourth-order valence-corrected chi connectivity index (χ4v) is 3.40. The van der Waals surface area contributed by atoms with Crippen molar-refractivity contribution in [3.63, 3.8) is 0 Å². The molecule has 1 aromatic rings. The summed E-state index contributed by atoms with van der Waals surface area (Å²) in [5.74, 6) is -1.36.